The van der Waals surface area contributed by atoms with Crippen LogP contribution in [0.1, 0.15) is 5.56 Å². The van der Waals surface area contributed by atoms with Crippen molar-refractivity contribution in [2.45, 2.75) is 67.6 Å². The van der Waals surface area contributed by atoms with Gasteiger partial charge in [-0.3, -0.25) is 4.79 Å². The number of rotatable bonds is 5. The monoisotopic (exact) mass is 469 g/mol. The van der Waals surface area contributed by atoms with Gasteiger partial charge in [0.25, 0.3) is 0 Å². The molecule has 12 nitrogen and oxygen atoms in total. The fraction of sp³-hybridized carbons (Fsp3) is 0.571. The van der Waals surface area contributed by atoms with Gasteiger partial charge in [0.1, 0.15) is 48.8 Å². The standard InChI is InChI=1S/C21H27NO11/c23-11-7-31-21(18(30)13(11)25)33-20-17(29)15(27)14(26)16(28)19(20)32-12(24)5-8-6-22-10-4-2-1-3-9(8)10/h1-4,6,11,13-23,25-30H,5,7H2/t11-,13-,14+,15+,16+,17-,18+,19+,20+,21+/m0/s1. The SMILES string of the molecule is O=C(Cc1c[nH]c2ccccc12)O[C@@H]1[C@H](O)[C@H](O)[C@@H](O)[C@H](O)[C@H]1O[C@H]1OC[C@H](O)[C@H](O)[C@H]1O. The van der Waals surface area contributed by atoms with Crippen molar-refractivity contribution in [2.24, 2.45) is 0 Å². The second-order valence-corrected chi connectivity index (χ2v) is 8.30. The average Bonchev–Trinajstić information content (AvgIpc) is 3.21. The molecule has 12 heteroatoms. The highest BCUT2D eigenvalue weighted by molar-refractivity contribution is 5.87. The van der Waals surface area contributed by atoms with Crippen LogP contribution < -0.4 is 0 Å². The quantitative estimate of drug-likeness (QED) is 0.206. The lowest BCUT2D eigenvalue weighted by molar-refractivity contribution is -0.321. The fourth-order valence-electron chi connectivity index (χ4n) is 4.16. The molecule has 0 unspecified atom stereocenters. The second-order valence-electron chi connectivity index (χ2n) is 8.30. The molecule has 1 aromatic carbocycles. The Labute approximate surface area is 187 Å². The Morgan fingerprint density at radius 2 is 1.58 bits per heavy atom. The highest BCUT2D eigenvalue weighted by Gasteiger charge is 2.53. The summed E-state index contributed by atoms with van der Waals surface area (Å²) in [5.41, 5.74) is 1.42. The molecule has 33 heavy (non-hydrogen) atoms. The zero-order valence-electron chi connectivity index (χ0n) is 17.3. The van der Waals surface area contributed by atoms with E-state index in [1.54, 1.807) is 18.3 Å². The van der Waals surface area contributed by atoms with E-state index in [9.17, 15) is 40.5 Å². The molecule has 2 fully saturated rings. The van der Waals surface area contributed by atoms with E-state index < -0.39 is 73.8 Å². The maximum Gasteiger partial charge on any atom is 0.310 e. The average molecular weight is 469 g/mol. The molecular weight excluding hydrogens is 442 g/mol. The zero-order valence-corrected chi connectivity index (χ0v) is 17.3. The largest absolute Gasteiger partial charge is 0.456 e. The Bertz CT molecular complexity index is 967. The molecule has 2 aliphatic rings. The molecule has 2 heterocycles. The number of carbonyl (C=O) groups excluding carboxylic acids is 1. The molecule has 0 spiro atoms. The Morgan fingerprint density at radius 3 is 2.30 bits per heavy atom. The molecule has 1 saturated carbocycles. The van der Waals surface area contributed by atoms with Crippen LogP contribution in [0.5, 0.6) is 0 Å². The van der Waals surface area contributed by atoms with E-state index >= 15 is 0 Å². The van der Waals surface area contributed by atoms with Gasteiger partial charge in [0, 0.05) is 17.1 Å². The van der Waals surface area contributed by atoms with Gasteiger partial charge in [-0.05, 0) is 11.6 Å². The maximum atomic E-state index is 12.7. The highest BCUT2D eigenvalue weighted by Crippen LogP contribution is 2.30. The smallest absolute Gasteiger partial charge is 0.310 e. The normalized spacial score (nSPS) is 39.5. The first-order valence-corrected chi connectivity index (χ1v) is 10.5. The fourth-order valence-corrected chi connectivity index (χ4v) is 4.16. The van der Waals surface area contributed by atoms with E-state index in [0.717, 1.165) is 10.9 Å². The molecule has 182 valence electrons. The number of esters is 1. The third-order valence-corrected chi connectivity index (χ3v) is 6.07. The van der Waals surface area contributed by atoms with Gasteiger partial charge in [0.2, 0.25) is 0 Å². The van der Waals surface area contributed by atoms with Gasteiger partial charge in [-0.2, -0.15) is 0 Å². The summed E-state index contributed by atoms with van der Waals surface area (Å²) in [5, 5.41) is 71.4. The van der Waals surface area contributed by atoms with E-state index in [0.29, 0.717) is 5.56 Å². The molecule has 4 rings (SSSR count). The van der Waals surface area contributed by atoms with Crippen LogP contribution in [0, 0.1) is 0 Å². The summed E-state index contributed by atoms with van der Waals surface area (Å²) < 4.78 is 16.0. The second kappa shape index (κ2) is 9.62. The minimum Gasteiger partial charge on any atom is -0.456 e. The molecule has 10 atom stereocenters. The topological polar surface area (TPSA) is 202 Å². The minimum atomic E-state index is -1.86. The van der Waals surface area contributed by atoms with Crippen LogP contribution in [0.4, 0.5) is 0 Å². The van der Waals surface area contributed by atoms with Gasteiger partial charge in [-0.15, -0.1) is 0 Å². The van der Waals surface area contributed by atoms with Crippen molar-refractivity contribution < 1.29 is 54.8 Å². The number of hydrogen-bond acceptors (Lipinski definition) is 11. The summed E-state index contributed by atoms with van der Waals surface area (Å²) in [6.45, 7) is -0.398. The molecule has 2 aromatic rings. The van der Waals surface area contributed by atoms with Crippen molar-refractivity contribution in [1.82, 2.24) is 4.98 Å². The van der Waals surface area contributed by atoms with Gasteiger partial charge in [-0.1, -0.05) is 18.2 Å². The van der Waals surface area contributed by atoms with Crippen molar-refractivity contribution in [2.75, 3.05) is 6.61 Å². The lowest BCUT2D eigenvalue weighted by atomic mass is 9.84. The molecule has 0 bridgehead atoms. The number of aliphatic hydroxyl groups excluding tert-OH is 7. The van der Waals surface area contributed by atoms with Crippen LogP contribution in [0.15, 0.2) is 30.5 Å². The highest BCUT2D eigenvalue weighted by atomic mass is 16.7. The number of aromatic nitrogens is 1. The summed E-state index contributed by atoms with van der Waals surface area (Å²) in [7, 11) is 0. The van der Waals surface area contributed by atoms with Gasteiger partial charge in [0.15, 0.2) is 12.4 Å². The summed E-state index contributed by atoms with van der Waals surface area (Å²) in [6, 6.07) is 7.26. The van der Waals surface area contributed by atoms with Gasteiger partial charge >= 0.3 is 5.97 Å². The lowest BCUT2D eigenvalue weighted by Gasteiger charge is -2.45. The van der Waals surface area contributed by atoms with Crippen LogP contribution in [-0.2, 0) is 25.4 Å². The predicted molar refractivity (Wildman–Crippen MR) is 109 cm³/mol. The van der Waals surface area contributed by atoms with Gasteiger partial charge in [-0.25, -0.2) is 0 Å². The molecule has 0 amide bonds. The van der Waals surface area contributed by atoms with Crippen molar-refractivity contribution in [1.29, 1.82) is 0 Å². The van der Waals surface area contributed by atoms with Crippen molar-refractivity contribution in [3.05, 3.63) is 36.0 Å². The van der Waals surface area contributed by atoms with Gasteiger partial charge in [0.05, 0.1) is 13.0 Å². The van der Waals surface area contributed by atoms with Crippen LogP contribution in [0.25, 0.3) is 10.9 Å². The minimum absolute atomic E-state index is 0.206. The molecule has 1 aromatic heterocycles. The lowest BCUT2D eigenvalue weighted by Crippen LogP contribution is -2.67. The van der Waals surface area contributed by atoms with Crippen LogP contribution in [0.2, 0.25) is 0 Å². The van der Waals surface area contributed by atoms with Crippen LogP contribution in [0.3, 0.4) is 0 Å². The summed E-state index contributed by atoms with van der Waals surface area (Å²) in [4.78, 5) is 15.7. The number of para-hydroxylation sites is 1. The molecular formula is C21H27NO11. The van der Waals surface area contributed by atoms with E-state index in [1.807, 2.05) is 12.1 Å². The number of fused-ring (bicyclic) bond motifs is 1. The molecule has 0 radical (unpaired) electrons. The van der Waals surface area contributed by atoms with E-state index in [2.05, 4.69) is 4.98 Å². The Kier molecular flexibility index (Phi) is 7.00. The molecule has 1 aliphatic heterocycles. The van der Waals surface area contributed by atoms with Gasteiger partial charge < -0.3 is 54.9 Å². The number of carbonyl (C=O) groups is 1. The van der Waals surface area contributed by atoms with Crippen molar-refractivity contribution in [3.63, 3.8) is 0 Å². The number of aromatic amines is 1. The summed E-state index contributed by atoms with van der Waals surface area (Å²) in [5.74, 6) is -0.811. The first-order valence-electron chi connectivity index (χ1n) is 10.5. The first-order chi connectivity index (χ1) is 15.7. The first kappa shape index (κ1) is 24.0. The number of hydrogen-bond donors (Lipinski definition) is 8. The predicted octanol–water partition coefficient (Wildman–Crippen LogP) is -3.10. The molecule has 1 aliphatic carbocycles. The van der Waals surface area contributed by atoms with Crippen molar-refractivity contribution >= 4 is 16.9 Å². The van der Waals surface area contributed by atoms with Crippen molar-refractivity contribution in [3.8, 4) is 0 Å². The summed E-state index contributed by atoms with van der Waals surface area (Å²) >= 11 is 0. The Balaban J connectivity index is 1.52. The number of H-pyrrole nitrogens is 1. The number of benzene rings is 1. The number of aliphatic hydroxyl groups is 7. The molecule has 8 N–H and O–H groups in total. The van der Waals surface area contributed by atoms with E-state index in [1.165, 1.54) is 0 Å². The Morgan fingerprint density at radius 1 is 0.909 bits per heavy atom. The summed E-state index contributed by atoms with van der Waals surface area (Å²) in [6.07, 6.45) is -15.5. The van der Waals surface area contributed by atoms with Crippen LogP contribution >= 0.6 is 0 Å². The third-order valence-electron chi connectivity index (χ3n) is 6.07. The van der Waals surface area contributed by atoms with E-state index in [4.69, 9.17) is 14.2 Å². The van der Waals surface area contributed by atoms with Crippen LogP contribution in [-0.4, -0.2) is 115 Å². The third kappa shape index (κ3) is 4.62. The Hall–Kier alpha value is -2.13. The maximum absolute atomic E-state index is 12.7. The zero-order chi connectivity index (χ0) is 23.9. The number of ether oxygens (including phenoxy) is 3. The molecule has 1 saturated heterocycles. The van der Waals surface area contributed by atoms with E-state index in [-0.39, 0.29) is 6.42 Å². The number of nitrogens with one attached hydrogen (secondary N) is 1.